The van der Waals surface area contributed by atoms with Gasteiger partial charge in [0.05, 0.1) is 12.8 Å². The highest BCUT2D eigenvalue weighted by molar-refractivity contribution is 5.85. The van der Waals surface area contributed by atoms with Gasteiger partial charge in [-0.1, -0.05) is 42.5 Å². The molecule has 6 nitrogen and oxygen atoms in total. The van der Waals surface area contributed by atoms with E-state index in [0.29, 0.717) is 0 Å². The van der Waals surface area contributed by atoms with Gasteiger partial charge in [0.2, 0.25) is 0 Å². The monoisotopic (exact) mass is 414 g/mol. The third kappa shape index (κ3) is 3.99. The molecule has 4 aromatic rings. The van der Waals surface area contributed by atoms with Crippen molar-refractivity contribution in [2.24, 2.45) is 0 Å². The molecular formula is C25H26N4O2. The molecule has 0 radical (unpaired) electrons. The van der Waals surface area contributed by atoms with Crippen LogP contribution >= 0.6 is 0 Å². The van der Waals surface area contributed by atoms with Crippen LogP contribution in [0.15, 0.2) is 71.5 Å². The highest BCUT2D eigenvalue weighted by Crippen LogP contribution is 2.27. The maximum Gasteiger partial charge on any atom is 0.348 e. The van der Waals surface area contributed by atoms with Gasteiger partial charge in [0.1, 0.15) is 11.6 Å². The molecule has 1 aliphatic rings. The van der Waals surface area contributed by atoms with Gasteiger partial charge in [0, 0.05) is 19.0 Å². The minimum absolute atomic E-state index is 0.202. The molecule has 6 heteroatoms. The van der Waals surface area contributed by atoms with Crippen molar-refractivity contribution in [1.29, 1.82) is 0 Å². The average Bonchev–Trinajstić information content (AvgIpc) is 3.21. The zero-order chi connectivity index (χ0) is 21.2. The maximum atomic E-state index is 12.6. The highest BCUT2D eigenvalue weighted by atomic mass is 16.5. The molecule has 1 aliphatic heterocycles. The van der Waals surface area contributed by atoms with Gasteiger partial charge < -0.3 is 4.74 Å². The second kappa shape index (κ2) is 8.40. The van der Waals surface area contributed by atoms with E-state index in [-0.39, 0.29) is 11.6 Å². The zero-order valence-corrected chi connectivity index (χ0v) is 17.6. The number of ether oxygens (including phenoxy) is 1. The molecule has 0 aliphatic carbocycles. The van der Waals surface area contributed by atoms with E-state index < -0.39 is 0 Å². The SMILES string of the molecule is COc1ccc(-n2nc(C3CCCN(Cc4cccc5ccccc45)C3)[nH]c2=O)cc1. The molecule has 0 amide bonds. The highest BCUT2D eigenvalue weighted by Gasteiger charge is 2.25. The van der Waals surface area contributed by atoms with Crippen molar-refractivity contribution in [3.8, 4) is 11.4 Å². The number of nitrogens with one attached hydrogen (secondary N) is 1. The summed E-state index contributed by atoms with van der Waals surface area (Å²) in [5, 5.41) is 7.22. The maximum absolute atomic E-state index is 12.6. The van der Waals surface area contributed by atoms with Crippen molar-refractivity contribution in [1.82, 2.24) is 19.7 Å². The number of aromatic nitrogens is 3. The van der Waals surface area contributed by atoms with Crippen LogP contribution in [-0.4, -0.2) is 39.9 Å². The van der Waals surface area contributed by atoms with Gasteiger partial charge in [-0.15, -0.1) is 5.10 Å². The van der Waals surface area contributed by atoms with E-state index in [2.05, 4.69) is 57.4 Å². The summed E-state index contributed by atoms with van der Waals surface area (Å²) in [7, 11) is 1.63. The van der Waals surface area contributed by atoms with Crippen LogP contribution in [0.2, 0.25) is 0 Å². The van der Waals surface area contributed by atoms with Crippen LogP contribution < -0.4 is 10.4 Å². The van der Waals surface area contributed by atoms with Crippen molar-refractivity contribution in [2.45, 2.75) is 25.3 Å². The number of methoxy groups -OCH3 is 1. The third-order valence-corrected chi connectivity index (χ3v) is 6.12. The van der Waals surface area contributed by atoms with E-state index in [1.807, 2.05) is 24.3 Å². The first-order chi connectivity index (χ1) is 15.2. The molecule has 1 fully saturated rings. The van der Waals surface area contributed by atoms with Crippen molar-refractivity contribution < 1.29 is 4.74 Å². The van der Waals surface area contributed by atoms with Gasteiger partial charge in [0.25, 0.3) is 0 Å². The summed E-state index contributed by atoms with van der Waals surface area (Å²) >= 11 is 0. The van der Waals surface area contributed by atoms with E-state index >= 15 is 0 Å². The van der Waals surface area contributed by atoms with Crippen molar-refractivity contribution in [2.75, 3.05) is 20.2 Å². The molecule has 1 atom stereocenters. The number of piperidine rings is 1. The Bertz CT molecular complexity index is 1240. The summed E-state index contributed by atoms with van der Waals surface area (Å²) in [6.45, 7) is 2.85. The van der Waals surface area contributed by atoms with Gasteiger partial charge in [-0.05, 0) is 60.0 Å². The largest absolute Gasteiger partial charge is 0.497 e. The smallest absolute Gasteiger partial charge is 0.348 e. The van der Waals surface area contributed by atoms with E-state index in [9.17, 15) is 4.79 Å². The van der Waals surface area contributed by atoms with Crippen LogP contribution in [0.3, 0.4) is 0 Å². The molecule has 3 aromatic carbocycles. The average molecular weight is 415 g/mol. The summed E-state index contributed by atoms with van der Waals surface area (Å²) < 4.78 is 6.64. The number of H-pyrrole nitrogens is 1. The first kappa shape index (κ1) is 19.6. The fourth-order valence-corrected chi connectivity index (χ4v) is 4.52. The van der Waals surface area contributed by atoms with E-state index in [1.54, 1.807) is 7.11 Å². The molecule has 0 spiro atoms. The molecule has 31 heavy (non-hydrogen) atoms. The molecule has 5 rings (SSSR count). The zero-order valence-electron chi connectivity index (χ0n) is 17.6. The van der Waals surface area contributed by atoms with Crippen LogP contribution in [0.4, 0.5) is 0 Å². The molecule has 2 heterocycles. The number of fused-ring (bicyclic) bond motifs is 1. The van der Waals surface area contributed by atoms with Crippen LogP contribution in [0.5, 0.6) is 5.75 Å². The number of nitrogens with zero attached hydrogens (tertiary/aromatic N) is 3. The summed E-state index contributed by atoms with van der Waals surface area (Å²) in [5.74, 6) is 1.74. The van der Waals surface area contributed by atoms with E-state index in [1.165, 1.54) is 21.0 Å². The van der Waals surface area contributed by atoms with Crippen molar-refractivity contribution in [3.05, 3.63) is 88.6 Å². The lowest BCUT2D eigenvalue weighted by atomic mass is 9.96. The quantitative estimate of drug-likeness (QED) is 0.534. The Balaban J connectivity index is 1.35. The number of benzene rings is 3. The first-order valence-corrected chi connectivity index (χ1v) is 10.7. The minimum Gasteiger partial charge on any atom is -0.497 e. The summed E-state index contributed by atoms with van der Waals surface area (Å²) in [6.07, 6.45) is 2.12. The number of hydrogen-bond acceptors (Lipinski definition) is 4. The third-order valence-electron chi connectivity index (χ3n) is 6.12. The predicted molar refractivity (Wildman–Crippen MR) is 122 cm³/mol. The van der Waals surface area contributed by atoms with Gasteiger partial charge in [-0.2, -0.15) is 4.68 Å². The molecule has 1 N–H and O–H groups in total. The van der Waals surface area contributed by atoms with Gasteiger partial charge in [0.15, 0.2) is 0 Å². The Kier molecular flexibility index (Phi) is 5.30. The second-order valence-corrected chi connectivity index (χ2v) is 8.14. The lowest BCUT2D eigenvalue weighted by Gasteiger charge is -2.31. The van der Waals surface area contributed by atoms with E-state index in [0.717, 1.165) is 49.7 Å². The van der Waals surface area contributed by atoms with Crippen LogP contribution in [0.1, 0.15) is 30.1 Å². The van der Waals surface area contributed by atoms with Crippen molar-refractivity contribution >= 4 is 10.8 Å². The molecule has 0 bridgehead atoms. The normalized spacial score (nSPS) is 17.1. The summed E-state index contributed by atoms with van der Waals surface area (Å²) in [5.41, 5.74) is 1.87. The Morgan fingerprint density at radius 2 is 1.87 bits per heavy atom. The molecular weight excluding hydrogens is 388 g/mol. The Morgan fingerprint density at radius 3 is 2.71 bits per heavy atom. The lowest BCUT2D eigenvalue weighted by molar-refractivity contribution is 0.197. The van der Waals surface area contributed by atoms with Gasteiger partial charge in [-0.3, -0.25) is 9.88 Å². The number of hydrogen-bond donors (Lipinski definition) is 1. The number of rotatable bonds is 5. The van der Waals surface area contributed by atoms with E-state index in [4.69, 9.17) is 4.74 Å². The fourth-order valence-electron chi connectivity index (χ4n) is 4.52. The topological polar surface area (TPSA) is 63.1 Å². The number of aromatic amines is 1. The van der Waals surface area contributed by atoms with Gasteiger partial charge >= 0.3 is 5.69 Å². The molecule has 1 aromatic heterocycles. The van der Waals surface area contributed by atoms with Crippen molar-refractivity contribution in [3.63, 3.8) is 0 Å². The summed E-state index contributed by atoms with van der Waals surface area (Å²) in [6, 6.07) is 22.4. The minimum atomic E-state index is -0.202. The number of likely N-dealkylation sites (tertiary alicyclic amines) is 1. The first-order valence-electron chi connectivity index (χ1n) is 10.7. The molecule has 0 saturated carbocycles. The fraction of sp³-hybridized carbons (Fsp3) is 0.280. The van der Waals surface area contributed by atoms with Crippen LogP contribution in [0.25, 0.3) is 16.5 Å². The standard InChI is InChI=1S/C25H26N4O2/c1-31-22-13-11-21(12-14-22)29-25(30)26-24(27-29)20-9-5-15-28(17-20)16-19-8-4-7-18-6-2-3-10-23(18)19/h2-4,6-8,10-14,20H,5,9,15-17H2,1H3,(H,26,27,30). The predicted octanol–water partition coefficient (Wildman–Crippen LogP) is 4.10. The summed E-state index contributed by atoms with van der Waals surface area (Å²) in [4.78, 5) is 18.0. The Hall–Kier alpha value is -3.38. The van der Waals surface area contributed by atoms with Gasteiger partial charge in [-0.25, -0.2) is 4.79 Å². The molecule has 1 unspecified atom stereocenters. The molecule has 158 valence electrons. The van der Waals surface area contributed by atoms with Crippen LogP contribution in [0, 0.1) is 0 Å². The van der Waals surface area contributed by atoms with Crippen LogP contribution in [-0.2, 0) is 6.54 Å². The Morgan fingerprint density at radius 1 is 1.06 bits per heavy atom. The second-order valence-electron chi connectivity index (χ2n) is 8.14. The molecule has 1 saturated heterocycles. The lowest BCUT2D eigenvalue weighted by Crippen LogP contribution is -2.34. The Labute approximate surface area is 181 Å².